The summed E-state index contributed by atoms with van der Waals surface area (Å²) < 4.78 is 41.9. The van der Waals surface area contributed by atoms with Crippen molar-refractivity contribution in [2.24, 2.45) is 7.05 Å². The molecule has 3 aromatic rings. The number of benzene rings is 2. The molecule has 5 nitrogen and oxygen atoms in total. The number of carbonyl (C=O) groups excluding carboxylic acids is 1. The number of halogens is 3. The third-order valence-electron chi connectivity index (χ3n) is 4.70. The minimum absolute atomic E-state index is 0.115. The van der Waals surface area contributed by atoms with Gasteiger partial charge in [0, 0.05) is 7.05 Å². The molecule has 0 aliphatic carbocycles. The van der Waals surface area contributed by atoms with Gasteiger partial charge in [-0.3, -0.25) is 10.2 Å². The molecule has 1 aliphatic rings. The average molecular weight is 360 g/mol. The van der Waals surface area contributed by atoms with E-state index in [9.17, 15) is 18.0 Å². The molecule has 1 atom stereocenters. The molecule has 0 fully saturated rings. The monoisotopic (exact) mass is 360 g/mol. The first-order valence-electron chi connectivity index (χ1n) is 7.99. The molecule has 26 heavy (non-hydrogen) atoms. The first-order valence-corrected chi connectivity index (χ1v) is 7.99. The van der Waals surface area contributed by atoms with Crippen LogP contribution in [0.2, 0.25) is 0 Å². The van der Waals surface area contributed by atoms with Crippen LogP contribution < -0.4 is 10.9 Å². The topological polar surface area (TPSA) is 62.8 Å². The summed E-state index contributed by atoms with van der Waals surface area (Å²) in [6, 6.07) is 8.72. The number of hydrogen-bond acceptors (Lipinski definition) is 2. The van der Waals surface area contributed by atoms with Crippen molar-refractivity contribution in [3.05, 3.63) is 64.5 Å². The first-order chi connectivity index (χ1) is 12.4. The highest BCUT2D eigenvalue weighted by molar-refractivity contribution is 6.09. The molecule has 1 amide bonds. The van der Waals surface area contributed by atoms with E-state index in [1.165, 1.54) is 21.3 Å². The van der Waals surface area contributed by atoms with Crippen molar-refractivity contribution in [3.63, 3.8) is 0 Å². The SMILES string of the molecule is Cn1c(=N)n(CC(F)F)c2ccc3c(c21)C(=O)NC3c1cccc(F)c1. The van der Waals surface area contributed by atoms with Gasteiger partial charge in [-0.2, -0.15) is 0 Å². The van der Waals surface area contributed by atoms with Gasteiger partial charge in [-0.25, -0.2) is 13.2 Å². The minimum Gasteiger partial charge on any atom is -0.341 e. The standard InChI is InChI=1S/C18H15F3N4O/c1-24-16-12(25(18(24)22)8-13(20)21)6-5-11-14(16)17(26)23-15(11)9-3-2-4-10(19)7-9/h2-7,13,15,22H,8H2,1H3,(H,23,26). The Balaban J connectivity index is 1.96. The van der Waals surface area contributed by atoms with Gasteiger partial charge in [0.05, 0.1) is 29.2 Å². The van der Waals surface area contributed by atoms with Gasteiger partial charge < -0.3 is 14.5 Å². The summed E-state index contributed by atoms with van der Waals surface area (Å²) in [6.45, 7) is -0.621. The highest BCUT2D eigenvalue weighted by atomic mass is 19.3. The lowest BCUT2D eigenvalue weighted by molar-refractivity contribution is 0.0961. The summed E-state index contributed by atoms with van der Waals surface area (Å²) in [7, 11) is 1.57. The van der Waals surface area contributed by atoms with Crippen LogP contribution in [-0.4, -0.2) is 21.5 Å². The Kier molecular flexibility index (Phi) is 3.64. The molecule has 0 bridgehead atoms. The lowest BCUT2D eigenvalue weighted by Crippen LogP contribution is -2.25. The molecular weight excluding hydrogens is 345 g/mol. The second-order valence-electron chi connectivity index (χ2n) is 6.24. The van der Waals surface area contributed by atoms with Crippen LogP contribution >= 0.6 is 0 Å². The number of hydrogen-bond donors (Lipinski definition) is 2. The molecule has 0 saturated heterocycles. The number of rotatable bonds is 3. The molecule has 2 N–H and O–H groups in total. The van der Waals surface area contributed by atoms with Crippen molar-refractivity contribution in [1.82, 2.24) is 14.5 Å². The molecular formula is C18H15F3N4O. The van der Waals surface area contributed by atoms with Crippen molar-refractivity contribution in [2.75, 3.05) is 0 Å². The maximum absolute atomic E-state index is 13.6. The summed E-state index contributed by atoms with van der Waals surface area (Å²) in [6.07, 6.45) is -2.61. The fourth-order valence-electron chi connectivity index (χ4n) is 3.59. The zero-order valence-corrected chi connectivity index (χ0v) is 13.8. The van der Waals surface area contributed by atoms with Crippen molar-refractivity contribution in [2.45, 2.75) is 19.0 Å². The Morgan fingerprint density at radius 1 is 1.27 bits per heavy atom. The van der Waals surface area contributed by atoms with Crippen LogP contribution in [0.5, 0.6) is 0 Å². The summed E-state index contributed by atoms with van der Waals surface area (Å²) in [4.78, 5) is 12.6. The van der Waals surface area contributed by atoms with Crippen LogP contribution in [0, 0.1) is 11.2 Å². The van der Waals surface area contributed by atoms with Gasteiger partial charge >= 0.3 is 0 Å². The highest BCUT2D eigenvalue weighted by Crippen LogP contribution is 2.35. The van der Waals surface area contributed by atoms with E-state index < -0.39 is 24.8 Å². The number of aromatic nitrogens is 2. The zero-order chi connectivity index (χ0) is 18.6. The Labute approximate surface area is 146 Å². The Morgan fingerprint density at radius 2 is 2.04 bits per heavy atom. The van der Waals surface area contributed by atoms with E-state index in [4.69, 9.17) is 5.41 Å². The van der Waals surface area contributed by atoms with E-state index in [2.05, 4.69) is 5.32 Å². The van der Waals surface area contributed by atoms with E-state index in [0.29, 0.717) is 27.7 Å². The third kappa shape index (κ3) is 2.33. The van der Waals surface area contributed by atoms with Crippen molar-refractivity contribution in [1.29, 1.82) is 5.41 Å². The molecule has 0 spiro atoms. The number of aryl methyl sites for hydroxylation is 1. The molecule has 1 aromatic heterocycles. The Hall–Kier alpha value is -3.03. The highest BCUT2D eigenvalue weighted by Gasteiger charge is 2.33. The second-order valence-corrected chi connectivity index (χ2v) is 6.24. The average Bonchev–Trinajstić information content (AvgIpc) is 3.05. The van der Waals surface area contributed by atoms with Gasteiger partial charge in [0.25, 0.3) is 12.3 Å². The van der Waals surface area contributed by atoms with E-state index in [0.717, 1.165) is 0 Å². The van der Waals surface area contributed by atoms with Crippen LogP contribution in [0.25, 0.3) is 11.0 Å². The smallest absolute Gasteiger partial charge is 0.256 e. The fraction of sp³-hybridized carbons (Fsp3) is 0.222. The van der Waals surface area contributed by atoms with E-state index in [1.807, 2.05) is 0 Å². The molecule has 4 rings (SSSR count). The third-order valence-corrected chi connectivity index (χ3v) is 4.70. The van der Waals surface area contributed by atoms with Crippen molar-refractivity contribution in [3.8, 4) is 0 Å². The summed E-state index contributed by atoms with van der Waals surface area (Å²) in [5.41, 5.74) is 2.27. The number of nitrogens with zero attached hydrogens (tertiary/aromatic N) is 2. The lowest BCUT2D eigenvalue weighted by atomic mass is 9.97. The van der Waals surface area contributed by atoms with Crippen LogP contribution in [0.15, 0.2) is 36.4 Å². The quantitative estimate of drug-likeness (QED) is 0.741. The number of nitrogens with one attached hydrogen (secondary N) is 2. The number of fused-ring (bicyclic) bond motifs is 3. The number of imidazole rings is 1. The molecule has 2 heterocycles. The minimum atomic E-state index is -2.61. The lowest BCUT2D eigenvalue weighted by Gasteiger charge is -2.12. The molecule has 0 saturated carbocycles. The summed E-state index contributed by atoms with van der Waals surface area (Å²) >= 11 is 0. The van der Waals surface area contributed by atoms with Crippen LogP contribution in [-0.2, 0) is 13.6 Å². The van der Waals surface area contributed by atoms with Gasteiger partial charge in [-0.05, 0) is 29.3 Å². The molecule has 134 valence electrons. The molecule has 1 unspecified atom stereocenters. The van der Waals surface area contributed by atoms with Gasteiger partial charge in [0.2, 0.25) is 5.62 Å². The van der Waals surface area contributed by atoms with Crippen LogP contribution in [0.1, 0.15) is 27.5 Å². The normalized spacial score (nSPS) is 16.3. The summed E-state index contributed by atoms with van der Waals surface area (Å²) in [5, 5.41) is 10.9. The largest absolute Gasteiger partial charge is 0.341 e. The van der Waals surface area contributed by atoms with Crippen LogP contribution in [0.4, 0.5) is 13.2 Å². The predicted octanol–water partition coefficient (Wildman–Crippen LogP) is 2.70. The predicted molar refractivity (Wildman–Crippen MR) is 88.5 cm³/mol. The molecule has 1 aliphatic heterocycles. The van der Waals surface area contributed by atoms with Crippen molar-refractivity contribution >= 4 is 16.9 Å². The van der Waals surface area contributed by atoms with Crippen LogP contribution in [0.3, 0.4) is 0 Å². The second kappa shape index (κ2) is 5.76. The molecule has 0 radical (unpaired) electrons. The number of amides is 1. The van der Waals surface area contributed by atoms with E-state index in [1.54, 1.807) is 31.3 Å². The van der Waals surface area contributed by atoms with Gasteiger partial charge in [-0.15, -0.1) is 0 Å². The van der Waals surface area contributed by atoms with E-state index in [-0.39, 0.29) is 11.5 Å². The van der Waals surface area contributed by atoms with Crippen molar-refractivity contribution < 1.29 is 18.0 Å². The number of alkyl halides is 2. The Morgan fingerprint density at radius 3 is 2.73 bits per heavy atom. The van der Waals surface area contributed by atoms with E-state index >= 15 is 0 Å². The zero-order valence-electron chi connectivity index (χ0n) is 13.8. The van der Waals surface area contributed by atoms with Gasteiger partial charge in [-0.1, -0.05) is 18.2 Å². The number of carbonyl (C=O) groups is 1. The summed E-state index contributed by atoms with van der Waals surface area (Å²) in [5.74, 6) is -0.780. The Bertz CT molecular complexity index is 1100. The first kappa shape index (κ1) is 16.4. The maximum Gasteiger partial charge on any atom is 0.256 e. The maximum atomic E-state index is 13.6. The van der Waals surface area contributed by atoms with Gasteiger partial charge in [0.15, 0.2) is 0 Å². The molecule has 2 aromatic carbocycles. The molecule has 8 heteroatoms. The fourth-order valence-corrected chi connectivity index (χ4v) is 3.59. The van der Waals surface area contributed by atoms with Gasteiger partial charge in [0.1, 0.15) is 5.82 Å².